The standard InChI is InChI=1S/C24H22ClNO3/c1-16-5-3-4-6-21(16)24(28)22-12-11-20(15-23(22)25)26-19-9-7-18(8-10-19)13-14-29-17(2)27/h3-12,15,26H,13-14H2,1-2H3. The molecule has 0 aliphatic rings. The van der Waals surface area contributed by atoms with Crippen LogP contribution < -0.4 is 5.32 Å². The van der Waals surface area contributed by atoms with E-state index in [0.717, 1.165) is 22.5 Å². The normalized spacial score (nSPS) is 10.4. The molecule has 0 saturated carbocycles. The number of nitrogens with one attached hydrogen (secondary N) is 1. The Morgan fingerprint density at radius 2 is 1.62 bits per heavy atom. The average molecular weight is 408 g/mol. The van der Waals surface area contributed by atoms with Crippen LogP contribution in [-0.4, -0.2) is 18.4 Å². The number of hydrogen-bond donors (Lipinski definition) is 1. The summed E-state index contributed by atoms with van der Waals surface area (Å²) in [5.41, 5.74) is 4.82. The summed E-state index contributed by atoms with van der Waals surface area (Å²) in [6, 6.07) is 20.7. The predicted octanol–water partition coefficient (Wildman–Crippen LogP) is 5.73. The Balaban J connectivity index is 1.68. The molecule has 0 atom stereocenters. The van der Waals surface area contributed by atoms with Crippen LogP contribution in [0.4, 0.5) is 11.4 Å². The highest BCUT2D eigenvalue weighted by atomic mass is 35.5. The van der Waals surface area contributed by atoms with E-state index in [4.69, 9.17) is 16.3 Å². The third kappa shape index (κ3) is 5.46. The Labute approximate surface area is 175 Å². The summed E-state index contributed by atoms with van der Waals surface area (Å²) < 4.78 is 4.96. The van der Waals surface area contributed by atoms with Crippen LogP contribution in [-0.2, 0) is 16.0 Å². The number of anilines is 2. The van der Waals surface area contributed by atoms with Gasteiger partial charge in [-0.15, -0.1) is 0 Å². The SMILES string of the molecule is CC(=O)OCCc1ccc(Nc2ccc(C(=O)c3ccccc3C)c(Cl)c2)cc1. The largest absolute Gasteiger partial charge is 0.466 e. The number of aryl methyl sites for hydroxylation is 1. The van der Waals surface area contributed by atoms with Crippen LogP contribution in [0.25, 0.3) is 0 Å². The minimum absolute atomic E-state index is 0.0863. The van der Waals surface area contributed by atoms with E-state index in [0.29, 0.717) is 29.2 Å². The van der Waals surface area contributed by atoms with Crippen molar-refractivity contribution < 1.29 is 14.3 Å². The second kappa shape index (κ2) is 9.39. The van der Waals surface area contributed by atoms with Crippen LogP contribution in [0, 0.1) is 6.92 Å². The fourth-order valence-corrected chi connectivity index (χ4v) is 3.25. The van der Waals surface area contributed by atoms with Gasteiger partial charge in [-0.2, -0.15) is 0 Å². The van der Waals surface area contributed by atoms with E-state index in [2.05, 4.69) is 5.32 Å². The lowest BCUT2D eigenvalue weighted by Gasteiger charge is -2.11. The minimum Gasteiger partial charge on any atom is -0.466 e. The summed E-state index contributed by atoms with van der Waals surface area (Å²) >= 11 is 6.40. The van der Waals surface area contributed by atoms with Crippen molar-refractivity contribution in [2.75, 3.05) is 11.9 Å². The molecular weight excluding hydrogens is 386 g/mol. The minimum atomic E-state index is -0.274. The van der Waals surface area contributed by atoms with Gasteiger partial charge in [0.15, 0.2) is 5.78 Å². The second-order valence-electron chi connectivity index (χ2n) is 6.75. The van der Waals surface area contributed by atoms with Gasteiger partial charge in [-0.1, -0.05) is 48.0 Å². The van der Waals surface area contributed by atoms with Crippen molar-refractivity contribution in [3.63, 3.8) is 0 Å². The molecule has 29 heavy (non-hydrogen) atoms. The highest BCUT2D eigenvalue weighted by molar-refractivity contribution is 6.35. The number of benzene rings is 3. The molecule has 0 aliphatic heterocycles. The summed E-state index contributed by atoms with van der Waals surface area (Å²) in [6.45, 7) is 3.68. The molecule has 0 bridgehead atoms. The van der Waals surface area contributed by atoms with Crippen LogP contribution in [0.3, 0.4) is 0 Å². The van der Waals surface area contributed by atoms with Gasteiger partial charge in [0.2, 0.25) is 0 Å². The van der Waals surface area contributed by atoms with Crippen molar-refractivity contribution in [1.29, 1.82) is 0 Å². The lowest BCUT2D eigenvalue weighted by Crippen LogP contribution is -2.05. The van der Waals surface area contributed by atoms with Crippen LogP contribution >= 0.6 is 11.6 Å². The highest BCUT2D eigenvalue weighted by Gasteiger charge is 2.15. The zero-order valence-electron chi connectivity index (χ0n) is 16.4. The average Bonchev–Trinajstić information content (AvgIpc) is 2.69. The molecule has 0 spiro atoms. The Kier molecular flexibility index (Phi) is 6.68. The molecule has 148 valence electrons. The number of carbonyl (C=O) groups excluding carboxylic acids is 2. The summed E-state index contributed by atoms with van der Waals surface area (Å²) in [5, 5.41) is 3.69. The molecule has 0 amide bonds. The van der Waals surface area contributed by atoms with Crippen LogP contribution in [0.1, 0.15) is 34.0 Å². The van der Waals surface area contributed by atoms with E-state index < -0.39 is 0 Å². The van der Waals surface area contributed by atoms with Crippen LogP contribution in [0.2, 0.25) is 5.02 Å². The van der Waals surface area contributed by atoms with Gasteiger partial charge < -0.3 is 10.1 Å². The third-order valence-electron chi connectivity index (χ3n) is 4.54. The van der Waals surface area contributed by atoms with Crippen molar-refractivity contribution in [3.05, 3.63) is 94.0 Å². The summed E-state index contributed by atoms with van der Waals surface area (Å²) in [5.74, 6) is -0.360. The first-order chi connectivity index (χ1) is 13.9. The van der Waals surface area contributed by atoms with Gasteiger partial charge >= 0.3 is 5.97 Å². The molecule has 4 nitrogen and oxygen atoms in total. The van der Waals surface area contributed by atoms with Gasteiger partial charge in [-0.25, -0.2) is 0 Å². The maximum absolute atomic E-state index is 12.8. The van der Waals surface area contributed by atoms with Gasteiger partial charge in [-0.3, -0.25) is 9.59 Å². The molecule has 3 rings (SSSR count). The molecule has 0 radical (unpaired) electrons. The van der Waals surface area contributed by atoms with Crippen molar-refractivity contribution in [1.82, 2.24) is 0 Å². The molecule has 0 aliphatic carbocycles. The van der Waals surface area contributed by atoms with Gasteiger partial charge in [0.05, 0.1) is 11.6 Å². The number of rotatable bonds is 7. The van der Waals surface area contributed by atoms with Gasteiger partial charge in [0.25, 0.3) is 0 Å². The molecule has 0 saturated heterocycles. The summed E-state index contributed by atoms with van der Waals surface area (Å²) in [4.78, 5) is 23.6. The van der Waals surface area contributed by atoms with E-state index in [9.17, 15) is 9.59 Å². The van der Waals surface area contributed by atoms with E-state index in [1.54, 1.807) is 12.1 Å². The molecule has 5 heteroatoms. The molecule has 3 aromatic carbocycles. The zero-order chi connectivity index (χ0) is 20.8. The number of halogens is 1. The number of ketones is 1. The van der Waals surface area contributed by atoms with Crippen molar-refractivity contribution in [3.8, 4) is 0 Å². The lowest BCUT2D eigenvalue weighted by atomic mass is 9.99. The summed E-state index contributed by atoms with van der Waals surface area (Å²) in [7, 11) is 0. The highest BCUT2D eigenvalue weighted by Crippen LogP contribution is 2.26. The van der Waals surface area contributed by atoms with Crippen molar-refractivity contribution >= 4 is 34.7 Å². The van der Waals surface area contributed by atoms with E-state index in [1.807, 2.05) is 61.5 Å². The van der Waals surface area contributed by atoms with Gasteiger partial charge in [-0.05, 0) is 48.4 Å². The van der Waals surface area contributed by atoms with Gasteiger partial charge in [0, 0.05) is 35.8 Å². The van der Waals surface area contributed by atoms with E-state index >= 15 is 0 Å². The Morgan fingerprint density at radius 3 is 2.28 bits per heavy atom. The number of esters is 1. The first-order valence-corrected chi connectivity index (χ1v) is 9.71. The molecule has 0 fully saturated rings. The zero-order valence-corrected chi connectivity index (χ0v) is 17.1. The third-order valence-corrected chi connectivity index (χ3v) is 4.85. The fourth-order valence-electron chi connectivity index (χ4n) is 2.98. The Morgan fingerprint density at radius 1 is 0.931 bits per heavy atom. The van der Waals surface area contributed by atoms with Crippen molar-refractivity contribution in [2.24, 2.45) is 0 Å². The molecule has 3 aromatic rings. The van der Waals surface area contributed by atoms with Crippen molar-refractivity contribution in [2.45, 2.75) is 20.3 Å². The first-order valence-electron chi connectivity index (χ1n) is 9.33. The molecule has 1 N–H and O–H groups in total. The predicted molar refractivity (Wildman–Crippen MR) is 116 cm³/mol. The molecule has 0 heterocycles. The number of carbonyl (C=O) groups is 2. The lowest BCUT2D eigenvalue weighted by molar-refractivity contribution is -0.140. The smallest absolute Gasteiger partial charge is 0.302 e. The molecular formula is C24H22ClNO3. The molecule has 0 aromatic heterocycles. The fraction of sp³-hybridized carbons (Fsp3) is 0.167. The number of hydrogen-bond acceptors (Lipinski definition) is 4. The second-order valence-corrected chi connectivity index (χ2v) is 7.16. The maximum atomic E-state index is 12.8. The molecule has 0 unspecified atom stereocenters. The van der Waals surface area contributed by atoms with Gasteiger partial charge in [0.1, 0.15) is 0 Å². The number of ether oxygens (including phenoxy) is 1. The Bertz CT molecular complexity index is 1030. The van der Waals surface area contributed by atoms with Crippen LogP contribution in [0.15, 0.2) is 66.7 Å². The van der Waals surface area contributed by atoms with E-state index in [-0.39, 0.29) is 11.8 Å². The monoisotopic (exact) mass is 407 g/mol. The Hall–Kier alpha value is -3.11. The maximum Gasteiger partial charge on any atom is 0.302 e. The van der Waals surface area contributed by atoms with E-state index in [1.165, 1.54) is 6.92 Å². The van der Waals surface area contributed by atoms with Crippen LogP contribution in [0.5, 0.6) is 0 Å². The quantitative estimate of drug-likeness (QED) is 0.401. The summed E-state index contributed by atoms with van der Waals surface area (Å²) in [6.07, 6.45) is 0.668. The topological polar surface area (TPSA) is 55.4 Å². The first kappa shape index (κ1) is 20.6.